The minimum absolute atomic E-state index is 0.0712. The van der Waals surface area contributed by atoms with Gasteiger partial charge in [-0.2, -0.15) is 5.10 Å². The van der Waals surface area contributed by atoms with Crippen molar-refractivity contribution in [2.45, 2.75) is 33.2 Å². The largest absolute Gasteiger partial charge is 0.381 e. The third-order valence-corrected chi connectivity index (χ3v) is 3.38. The van der Waals surface area contributed by atoms with Gasteiger partial charge in [0.25, 0.3) is 0 Å². The highest BCUT2D eigenvalue weighted by molar-refractivity contribution is 4.97. The fraction of sp³-hybridized carbons (Fsp3) is 0.833. The van der Waals surface area contributed by atoms with Crippen LogP contribution in [0.1, 0.15) is 26.1 Å². The molecule has 2 N–H and O–H groups in total. The third kappa shape index (κ3) is 2.84. The van der Waals surface area contributed by atoms with Crippen molar-refractivity contribution in [3.05, 3.63) is 12.2 Å². The summed E-state index contributed by atoms with van der Waals surface area (Å²) in [6.07, 6.45) is 3.53. The highest BCUT2D eigenvalue weighted by Gasteiger charge is 2.35. The van der Waals surface area contributed by atoms with Gasteiger partial charge in [-0.1, -0.05) is 13.8 Å². The van der Waals surface area contributed by atoms with Gasteiger partial charge in [0.2, 0.25) is 0 Å². The summed E-state index contributed by atoms with van der Waals surface area (Å²) >= 11 is 0. The quantitative estimate of drug-likeness (QED) is 0.825. The van der Waals surface area contributed by atoms with Gasteiger partial charge in [0.15, 0.2) is 0 Å². The molecule has 2 rings (SSSR count). The monoisotopic (exact) mass is 238 g/mol. The van der Waals surface area contributed by atoms with Gasteiger partial charge in [-0.25, -0.2) is 9.67 Å². The Kier molecular flexibility index (Phi) is 3.79. The van der Waals surface area contributed by atoms with Crippen LogP contribution in [0.2, 0.25) is 0 Å². The fourth-order valence-electron chi connectivity index (χ4n) is 2.28. The van der Waals surface area contributed by atoms with Crippen LogP contribution in [-0.4, -0.2) is 34.5 Å². The van der Waals surface area contributed by atoms with Crippen molar-refractivity contribution in [3.8, 4) is 0 Å². The van der Waals surface area contributed by atoms with Crippen molar-refractivity contribution in [1.29, 1.82) is 0 Å². The molecule has 0 radical (unpaired) electrons. The number of hydrogen-bond acceptors (Lipinski definition) is 4. The van der Waals surface area contributed by atoms with E-state index in [4.69, 9.17) is 10.5 Å². The van der Waals surface area contributed by atoms with Gasteiger partial charge in [-0.15, -0.1) is 0 Å². The van der Waals surface area contributed by atoms with Crippen molar-refractivity contribution >= 4 is 0 Å². The normalized spacial score (nSPS) is 24.7. The number of rotatable bonds is 5. The lowest BCUT2D eigenvalue weighted by molar-refractivity contribution is 0.152. The van der Waals surface area contributed by atoms with E-state index in [0.29, 0.717) is 12.5 Å². The van der Waals surface area contributed by atoms with Gasteiger partial charge >= 0.3 is 0 Å². The Hall–Kier alpha value is -0.940. The van der Waals surface area contributed by atoms with E-state index in [-0.39, 0.29) is 5.41 Å². The van der Waals surface area contributed by atoms with Crippen molar-refractivity contribution in [2.24, 2.45) is 17.1 Å². The molecule has 0 saturated carbocycles. The molecule has 5 nitrogen and oxygen atoms in total. The maximum absolute atomic E-state index is 5.90. The van der Waals surface area contributed by atoms with Gasteiger partial charge in [0, 0.05) is 31.5 Å². The topological polar surface area (TPSA) is 66.0 Å². The van der Waals surface area contributed by atoms with Gasteiger partial charge < -0.3 is 10.5 Å². The first-order valence-corrected chi connectivity index (χ1v) is 6.30. The first-order valence-electron chi connectivity index (χ1n) is 6.30. The Bertz CT molecular complexity index is 355. The Morgan fingerprint density at radius 1 is 1.59 bits per heavy atom. The molecule has 1 fully saturated rings. The minimum Gasteiger partial charge on any atom is -0.381 e. The standard InChI is InChI=1S/C12H22N4O/c1-10(2)6-16-11(14-9-15-16)5-12(7-13)3-4-17-8-12/h9-10H,3-8,13H2,1-2H3. The molecule has 1 aliphatic heterocycles. The van der Waals surface area contributed by atoms with Gasteiger partial charge in [0.1, 0.15) is 12.2 Å². The molecular formula is C12H22N4O. The van der Waals surface area contributed by atoms with Crippen LogP contribution in [0.15, 0.2) is 6.33 Å². The molecule has 0 amide bonds. The van der Waals surface area contributed by atoms with Crippen LogP contribution in [0.5, 0.6) is 0 Å². The molecule has 17 heavy (non-hydrogen) atoms. The lowest BCUT2D eigenvalue weighted by atomic mass is 9.83. The molecule has 5 heteroatoms. The number of nitrogens with two attached hydrogens (primary N) is 1. The maximum Gasteiger partial charge on any atom is 0.138 e. The van der Waals surface area contributed by atoms with Crippen molar-refractivity contribution in [3.63, 3.8) is 0 Å². The van der Waals surface area contributed by atoms with E-state index in [1.165, 1.54) is 0 Å². The smallest absolute Gasteiger partial charge is 0.138 e. The molecule has 0 aliphatic carbocycles. The second-order valence-corrected chi connectivity index (χ2v) is 5.44. The Morgan fingerprint density at radius 2 is 2.41 bits per heavy atom. The van der Waals surface area contributed by atoms with Crippen molar-refractivity contribution < 1.29 is 4.74 Å². The zero-order valence-electron chi connectivity index (χ0n) is 10.7. The molecular weight excluding hydrogens is 216 g/mol. The summed E-state index contributed by atoms with van der Waals surface area (Å²) < 4.78 is 7.48. The van der Waals surface area contributed by atoms with E-state index in [1.807, 2.05) is 4.68 Å². The summed E-state index contributed by atoms with van der Waals surface area (Å²) in [5.41, 5.74) is 5.97. The zero-order chi connectivity index (χ0) is 12.3. The summed E-state index contributed by atoms with van der Waals surface area (Å²) in [5.74, 6) is 1.61. The van der Waals surface area contributed by atoms with Crippen LogP contribution < -0.4 is 5.73 Å². The number of aromatic nitrogens is 3. The van der Waals surface area contributed by atoms with Gasteiger partial charge in [0.05, 0.1) is 6.61 Å². The lowest BCUT2D eigenvalue weighted by Gasteiger charge is -2.25. The van der Waals surface area contributed by atoms with Gasteiger partial charge in [-0.3, -0.25) is 0 Å². The van der Waals surface area contributed by atoms with E-state index in [2.05, 4.69) is 23.9 Å². The predicted octanol–water partition coefficient (Wildman–Crippen LogP) is 0.842. The second kappa shape index (κ2) is 5.14. The molecule has 0 bridgehead atoms. The number of ether oxygens (including phenoxy) is 1. The summed E-state index contributed by atoms with van der Waals surface area (Å²) in [5, 5.41) is 4.29. The average molecular weight is 238 g/mol. The molecule has 1 atom stereocenters. The molecule has 1 saturated heterocycles. The first kappa shape index (κ1) is 12.5. The van der Waals surface area contributed by atoms with E-state index < -0.39 is 0 Å². The number of hydrogen-bond donors (Lipinski definition) is 1. The predicted molar refractivity (Wildman–Crippen MR) is 65.5 cm³/mol. The number of nitrogens with zero attached hydrogens (tertiary/aromatic N) is 3. The van der Waals surface area contributed by atoms with Crippen LogP contribution in [0, 0.1) is 11.3 Å². The molecule has 96 valence electrons. The molecule has 1 aromatic heterocycles. The highest BCUT2D eigenvalue weighted by Crippen LogP contribution is 2.30. The summed E-state index contributed by atoms with van der Waals surface area (Å²) in [6, 6.07) is 0. The van der Waals surface area contributed by atoms with Crippen LogP contribution in [-0.2, 0) is 17.7 Å². The van der Waals surface area contributed by atoms with Gasteiger partial charge in [-0.05, 0) is 12.3 Å². The SMILES string of the molecule is CC(C)Cn1ncnc1CC1(CN)CCOC1. The van der Waals surface area contributed by atoms with E-state index in [0.717, 1.165) is 38.4 Å². The van der Waals surface area contributed by atoms with Crippen LogP contribution in [0.25, 0.3) is 0 Å². The van der Waals surface area contributed by atoms with E-state index >= 15 is 0 Å². The maximum atomic E-state index is 5.90. The molecule has 0 spiro atoms. The second-order valence-electron chi connectivity index (χ2n) is 5.44. The minimum atomic E-state index is 0.0712. The first-order chi connectivity index (χ1) is 8.15. The molecule has 1 aliphatic rings. The Morgan fingerprint density at radius 3 is 3.00 bits per heavy atom. The lowest BCUT2D eigenvalue weighted by Crippen LogP contribution is -2.34. The third-order valence-electron chi connectivity index (χ3n) is 3.38. The molecule has 1 aromatic rings. The summed E-state index contributed by atoms with van der Waals surface area (Å²) in [4.78, 5) is 4.37. The summed E-state index contributed by atoms with van der Waals surface area (Å²) in [7, 11) is 0. The summed E-state index contributed by atoms with van der Waals surface area (Å²) in [6.45, 7) is 7.50. The molecule has 2 heterocycles. The Labute approximate surface area is 102 Å². The van der Waals surface area contributed by atoms with E-state index in [1.54, 1.807) is 6.33 Å². The molecule has 0 aromatic carbocycles. The zero-order valence-corrected chi connectivity index (χ0v) is 10.7. The van der Waals surface area contributed by atoms with Crippen LogP contribution >= 0.6 is 0 Å². The fourth-order valence-corrected chi connectivity index (χ4v) is 2.28. The van der Waals surface area contributed by atoms with Crippen molar-refractivity contribution in [1.82, 2.24) is 14.8 Å². The Balaban J connectivity index is 2.09. The molecule has 1 unspecified atom stereocenters. The van der Waals surface area contributed by atoms with E-state index in [9.17, 15) is 0 Å². The van der Waals surface area contributed by atoms with Crippen molar-refractivity contribution in [2.75, 3.05) is 19.8 Å². The van der Waals surface area contributed by atoms with Crippen LogP contribution in [0.3, 0.4) is 0 Å². The highest BCUT2D eigenvalue weighted by atomic mass is 16.5. The van der Waals surface area contributed by atoms with Crippen LogP contribution in [0.4, 0.5) is 0 Å². The average Bonchev–Trinajstić information content (AvgIpc) is 2.90.